The van der Waals surface area contributed by atoms with Crippen molar-refractivity contribution >= 4 is 32.7 Å². The van der Waals surface area contributed by atoms with Gasteiger partial charge in [-0.05, 0) is 18.6 Å². The molecule has 0 aliphatic carbocycles. The van der Waals surface area contributed by atoms with Crippen LogP contribution in [-0.4, -0.2) is 56.8 Å². The van der Waals surface area contributed by atoms with Crippen molar-refractivity contribution in [3.8, 4) is 5.69 Å². The van der Waals surface area contributed by atoms with Crippen LogP contribution in [0.4, 0.5) is 5.82 Å². The van der Waals surface area contributed by atoms with Crippen molar-refractivity contribution in [1.29, 1.82) is 0 Å². The minimum atomic E-state index is -3.27. The van der Waals surface area contributed by atoms with E-state index in [1.165, 1.54) is 13.3 Å². The Labute approximate surface area is 156 Å². The molecule has 0 aliphatic rings. The van der Waals surface area contributed by atoms with Gasteiger partial charge in [-0.3, -0.25) is 0 Å². The van der Waals surface area contributed by atoms with Gasteiger partial charge in [0.05, 0.1) is 23.0 Å². The van der Waals surface area contributed by atoms with Crippen LogP contribution in [0.5, 0.6) is 0 Å². The molecule has 0 fully saturated rings. The SMILES string of the molecule is CCS(=O)(=O)CCC(Nc1ncnc2c1cnn2-c1ccccc1)C(=O)O. The molecule has 0 bridgehead atoms. The largest absolute Gasteiger partial charge is 0.480 e. The van der Waals surface area contributed by atoms with Gasteiger partial charge in [-0.15, -0.1) is 0 Å². The number of fused-ring (bicyclic) bond motifs is 1. The van der Waals surface area contributed by atoms with Crippen molar-refractivity contribution in [2.45, 2.75) is 19.4 Å². The number of para-hydroxylation sites is 1. The third-order valence-electron chi connectivity index (χ3n) is 4.13. The Bertz CT molecular complexity index is 1050. The zero-order chi connectivity index (χ0) is 19.4. The fourth-order valence-electron chi connectivity index (χ4n) is 2.58. The number of hydrogen-bond acceptors (Lipinski definition) is 7. The van der Waals surface area contributed by atoms with Gasteiger partial charge < -0.3 is 10.4 Å². The quantitative estimate of drug-likeness (QED) is 0.593. The van der Waals surface area contributed by atoms with E-state index in [-0.39, 0.29) is 17.9 Å². The molecule has 3 rings (SSSR count). The lowest BCUT2D eigenvalue weighted by molar-refractivity contribution is -0.137. The molecule has 2 N–H and O–H groups in total. The summed E-state index contributed by atoms with van der Waals surface area (Å²) < 4.78 is 25.0. The van der Waals surface area contributed by atoms with E-state index >= 15 is 0 Å². The van der Waals surface area contributed by atoms with Crippen molar-refractivity contribution in [3.63, 3.8) is 0 Å². The number of nitrogens with zero attached hydrogens (tertiary/aromatic N) is 4. The summed E-state index contributed by atoms with van der Waals surface area (Å²) in [5, 5.41) is 17.1. The van der Waals surface area contributed by atoms with E-state index in [0.717, 1.165) is 5.69 Å². The zero-order valence-corrected chi connectivity index (χ0v) is 15.4. The van der Waals surface area contributed by atoms with E-state index in [1.807, 2.05) is 30.3 Å². The first kappa shape index (κ1) is 18.8. The molecule has 1 atom stereocenters. The van der Waals surface area contributed by atoms with Gasteiger partial charge in [0, 0.05) is 5.75 Å². The Kier molecular flexibility index (Phi) is 5.36. The fourth-order valence-corrected chi connectivity index (χ4v) is 3.46. The number of hydrogen-bond donors (Lipinski definition) is 2. The lowest BCUT2D eigenvalue weighted by Gasteiger charge is -2.15. The minimum absolute atomic E-state index is 0.0268. The molecule has 0 saturated heterocycles. The van der Waals surface area contributed by atoms with Crippen LogP contribution in [0.2, 0.25) is 0 Å². The summed E-state index contributed by atoms with van der Waals surface area (Å²) in [6, 6.07) is 8.29. The first-order chi connectivity index (χ1) is 12.9. The van der Waals surface area contributed by atoms with Gasteiger partial charge in [0.1, 0.15) is 28.0 Å². The van der Waals surface area contributed by atoms with Crippen molar-refractivity contribution in [3.05, 3.63) is 42.9 Å². The second-order valence-electron chi connectivity index (χ2n) is 5.91. The normalized spacial score (nSPS) is 12.8. The Morgan fingerprint density at radius 1 is 1.26 bits per heavy atom. The molecular formula is C17H19N5O4S. The van der Waals surface area contributed by atoms with Crippen LogP contribution in [0.3, 0.4) is 0 Å². The van der Waals surface area contributed by atoms with Crippen LogP contribution < -0.4 is 5.32 Å². The number of nitrogens with one attached hydrogen (secondary N) is 1. The van der Waals surface area contributed by atoms with Crippen molar-refractivity contribution < 1.29 is 18.3 Å². The summed E-state index contributed by atoms with van der Waals surface area (Å²) in [7, 11) is -3.27. The summed E-state index contributed by atoms with van der Waals surface area (Å²) >= 11 is 0. The Morgan fingerprint density at radius 2 is 2.00 bits per heavy atom. The van der Waals surface area contributed by atoms with Crippen LogP contribution in [0.15, 0.2) is 42.9 Å². The highest BCUT2D eigenvalue weighted by molar-refractivity contribution is 7.91. The highest BCUT2D eigenvalue weighted by Crippen LogP contribution is 2.22. The van der Waals surface area contributed by atoms with Crippen molar-refractivity contribution in [1.82, 2.24) is 19.7 Å². The molecule has 0 saturated carbocycles. The smallest absolute Gasteiger partial charge is 0.326 e. The standard InChI is InChI=1S/C17H19N5O4S/c1-2-27(25,26)9-8-14(17(23)24)21-15-13-10-20-22(16(13)19-11-18-15)12-6-4-3-5-7-12/h3-7,10-11,14H,2,8-9H2,1H3,(H,23,24)(H,18,19,21). The number of carboxylic acid groups (broad SMARTS) is 1. The molecule has 0 aliphatic heterocycles. The highest BCUT2D eigenvalue weighted by Gasteiger charge is 2.22. The van der Waals surface area contributed by atoms with Gasteiger partial charge in [-0.1, -0.05) is 25.1 Å². The first-order valence-corrected chi connectivity index (χ1v) is 10.2. The number of carboxylic acids is 1. The van der Waals surface area contributed by atoms with Crippen molar-refractivity contribution in [2.75, 3.05) is 16.8 Å². The minimum Gasteiger partial charge on any atom is -0.480 e. The summed E-state index contributed by atoms with van der Waals surface area (Å²) in [5.74, 6) is -1.10. The zero-order valence-electron chi connectivity index (χ0n) is 14.6. The van der Waals surface area contributed by atoms with Crippen LogP contribution in [0.25, 0.3) is 16.7 Å². The molecule has 1 aromatic carbocycles. The van der Waals surface area contributed by atoms with Gasteiger partial charge in [0.25, 0.3) is 0 Å². The maximum atomic E-state index is 11.7. The third kappa shape index (κ3) is 4.22. The predicted octanol–water partition coefficient (Wildman–Crippen LogP) is 1.51. The summed E-state index contributed by atoms with van der Waals surface area (Å²) in [5.41, 5.74) is 1.32. The average Bonchev–Trinajstić information content (AvgIpc) is 3.10. The third-order valence-corrected chi connectivity index (χ3v) is 5.87. The molecule has 0 spiro atoms. The molecule has 2 aromatic heterocycles. The number of rotatable bonds is 8. The second-order valence-corrected chi connectivity index (χ2v) is 8.38. The Balaban J connectivity index is 1.90. The molecular weight excluding hydrogens is 370 g/mol. The highest BCUT2D eigenvalue weighted by atomic mass is 32.2. The number of sulfone groups is 1. The second kappa shape index (κ2) is 7.70. The molecule has 0 radical (unpaired) electrons. The van der Waals surface area contributed by atoms with E-state index in [1.54, 1.807) is 10.9 Å². The molecule has 9 nitrogen and oxygen atoms in total. The van der Waals surface area contributed by atoms with Crippen LogP contribution >= 0.6 is 0 Å². The molecule has 1 unspecified atom stereocenters. The van der Waals surface area contributed by atoms with E-state index in [4.69, 9.17) is 0 Å². The monoisotopic (exact) mass is 389 g/mol. The lowest BCUT2D eigenvalue weighted by Crippen LogP contribution is -2.32. The first-order valence-electron chi connectivity index (χ1n) is 8.35. The van der Waals surface area contributed by atoms with Gasteiger partial charge in [0.15, 0.2) is 5.65 Å². The number of aliphatic carboxylic acids is 1. The maximum absolute atomic E-state index is 11.7. The Morgan fingerprint density at radius 3 is 2.67 bits per heavy atom. The number of anilines is 1. The van der Waals surface area contributed by atoms with E-state index in [2.05, 4.69) is 20.4 Å². The van der Waals surface area contributed by atoms with Gasteiger partial charge >= 0.3 is 5.97 Å². The fraction of sp³-hybridized carbons (Fsp3) is 0.294. The van der Waals surface area contributed by atoms with Crippen molar-refractivity contribution in [2.24, 2.45) is 0 Å². The Hall–Kier alpha value is -3.01. The van der Waals surface area contributed by atoms with Gasteiger partial charge in [0.2, 0.25) is 0 Å². The molecule has 3 aromatic rings. The molecule has 2 heterocycles. The van der Waals surface area contributed by atoms with Crippen LogP contribution in [0, 0.1) is 0 Å². The predicted molar refractivity (Wildman–Crippen MR) is 101 cm³/mol. The molecule has 27 heavy (non-hydrogen) atoms. The van der Waals surface area contributed by atoms with Gasteiger partial charge in [-0.2, -0.15) is 5.10 Å². The lowest BCUT2D eigenvalue weighted by atomic mass is 10.2. The van der Waals surface area contributed by atoms with Crippen LogP contribution in [-0.2, 0) is 14.6 Å². The average molecular weight is 389 g/mol. The topological polar surface area (TPSA) is 127 Å². The number of aromatic nitrogens is 4. The summed E-state index contributed by atoms with van der Waals surface area (Å²) in [4.78, 5) is 19.9. The van der Waals surface area contributed by atoms with Crippen LogP contribution in [0.1, 0.15) is 13.3 Å². The number of carbonyl (C=O) groups is 1. The molecule has 0 amide bonds. The summed E-state index contributed by atoms with van der Waals surface area (Å²) in [6.45, 7) is 1.53. The van der Waals surface area contributed by atoms with E-state index in [9.17, 15) is 18.3 Å². The molecule has 142 valence electrons. The number of benzene rings is 1. The molecule has 10 heteroatoms. The van der Waals surface area contributed by atoms with E-state index in [0.29, 0.717) is 16.9 Å². The summed E-state index contributed by atoms with van der Waals surface area (Å²) in [6.07, 6.45) is 2.80. The maximum Gasteiger partial charge on any atom is 0.326 e. The van der Waals surface area contributed by atoms with E-state index < -0.39 is 21.8 Å². The van der Waals surface area contributed by atoms with Gasteiger partial charge in [-0.25, -0.2) is 27.9 Å².